The van der Waals surface area contributed by atoms with E-state index in [2.05, 4.69) is 27.2 Å². The molecule has 162 valence electrons. The second-order valence-electron chi connectivity index (χ2n) is 7.80. The van der Waals surface area contributed by atoms with Gasteiger partial charge < -0.3 is 10.2 Å². The zero-order valence-corrected chi connectivity index (χ0v) is 16.4. The lowest BCUT2D eigenvalue weighted by atomic mass is 9.77. The first kappa shape index (κ1) is 20.8. The van der Waals surface area contributed by atoms with Crippen molar-refractivity contribution in [2.45, 2.75) is 36.5 Å². The highest BCUT2D eigenvalue weighted by atomic mass is 32.2. The molecule has 3 saturated heterocycles. The van der Waals surface area contributed by atoms with Crippen molar-refractivity contribution in [2.24, 2.45) is 10.6 Å². The van der Waals surface area contributed by atoms with Crippen molar-refractivity contribution in [1.82, 2.24) is 27.2 Å². The van der Waals surface area contributed by atoms with Crippen LogP contribution in [-0.2, 0) is 16.2 Å². The Balaban J connectivity index is 1.80. The van der Waals surface area contributed by atoms with Crippen LogP contribution < -0.4 is 37.3 Å². The summed E-state index contributed by atoms with van der Waals surface area (Å²) in [6, 6.07) is 2.13. The first-order chi connectivity index (χ1) is 13.6. The number of hydrogen-bond donors (Lipinski definition) is 6. The fraction of sp³-hybridized carbons (Fsp3) is 0.625. The average Bonchev–Trinajstić information content (AvgIpc) is 3.32. The van der Waals surface area contributed by atoms with Gasteiger partial charge in [-0.1, -0.05) is 0 Å². The van der Waals surface area contributed by atoms with E-state index in [1.165, 1.54) is 6.07 Å². The summed E-state index contributed by atoms with van der Waals surface area (Å²) in [6.45, 7) is 3.15. The zero-order valence-electron chi connectivity index (χ0n) is 15.6. The summed E-state index contributed by atoms with van der Waals surface area (Å²) in [6.07, 6.45) is -2.95. The van der Waals surface area contributed by atoms with Crippen LogP contribution in [0.2, 0.25) is 0 Å². The van der Waals surface area contributed by atoms with Gasteiger partial charge in [-0.2, -0.15) is 24.2 Å². The average molecular weight is 435 g/mol. The summed E-state index contributed by atoms with van der Waals surface area (Å²) >= 11 is 0. The maximum Gasteiger partial charge on any atom is 0.417 e. The smallest absolute Gasteiger partial charge is 0.371 e. The first-order valence-corrected chi connectivity index (χ1v) is 10.9. The highest BCUT2D eigenvalue weighted by Gasteiger charge is 2.42. The number of alkyl halides is 3. The monoisotopic (exact) mass is 435 g/mol. The molecule has 29 heavy (non-hydrogen) atoms. The Bertz CT molecular complexity index is 871. The lowest BCUT2D eigenvalue weighted by molar-refractivity contribution is -0.140. The summed E-state index contributed by atoms with van der Waals surface area (Å²) in [4.78, 5) is 1.02. The van der Waals surface area contributed by atoms with E-state index in [1.807, 2.05) is 4.90 Å². The number of nitrogens with zero attached hydrogens (tertiary/aromatic N) is 1. The number of rotatable bonds is 3. The Hall–Kier alpha value is -1.48. The van der Waals surface area contributed by atoms with Gasteiger partial charge >= 0.3 is 6.18 Å². The Morgan fingerprint density at radius 2 is 1.76 bits per heavy atom. The molecule has 0 atom stereocenters. The van der Waals surface area contributed by atoms with Crippen LogP contribution in [0.3, 0.4) is 0 Å². The van der Waals surface area contributed by atoms with Crippen LogP contribution in [0.15, 0.2) is 17.0 Å². The topological polar surface area (TPSA) is 124 Å². The van der Waals surface area contributed by atoms with Gasteiger partial charge in [0.2, 0.25) is 10.0 Å². The van der Waals surface area contributed by atoms with Gasteiger partial charge in [-0.3, -0.25) is 0 Å². The minimum Gasteiger partial charge on any atom is -0.371 e. The van der Waals surface area contributed by atoms with E-state index in [0.29, 0.717) is 18.8 Å². The van der Waals surface area contributed by atoms with Crippen LogP contribution in [0.25, 0.3) is 0 Å². The van der Waals surface area contributed by atoms with E-state index in [0.717, 1.165) is 38.4 Å². The van der Waals surface area contributed by atoms with E-state index in [1.54, 1.807) is 0 Å². The minimum atomic E-state index is -4.87. The SMILES string of the molecule is NS(=O)(=O)c1c(C(F)(F)F)ccc(N2CCC3(CCNC3)CC2)c1C1NNNN1. The van der Waals surface area contributed by atoms with Crippen LogP contribution in [0.1, 0.15) is 36.6 Å². The molecule has 0 amide bonds. The molecule has 0 radical (unpaired) electrons. The van der Waals surface area contributed by atoms with Crippen molar-refractivity contribution < 1.29 is 21.6 Å². The largest absolute Gasteiger partial charge is 0.417 e. The summed E-state index contributed by atoms with van der Waals surface area (Å²) in [5, 5.41) is 8.64. The number of anilines is 1. The van der Waals surface area contributed by atoms with Gasteiger partial charge in [0.05, 0.1) is 5.56 Å². The van der Waals surface area contributed by atoms with Crippen molar-refractivity contribution in [1.29, 1.82) is 0 Å². The summed E-state index contributed by atoms with van der Waals surface area (Å²) in [5.74, 6) is 0. The standard InChI is InChI=1S/C16H24F3N7O2S/c17-16(18,19)10-1-2-11(26-7-4-15(5-8-26)3-6-21-9-15)12(13(10)29(20,27)28)14-22-24-25-23-14/h1-2,14,21-25H,3-9H2,(H2,20,27,28). The Morgan fingerprint density at radius 1 is 1.10 bits per heavy atom. The number of benzene rings is 1. The molecule has 9 nitrogen and oxygen atoms in total. The van der Waals surface area contributed by atoms with Crippen molar-refractivity contribution >= 4 is 15.7 Å². The predicted octanol–water partition coefficient (Wildman–Crippen LogP) is 0.0483. The zero-order chi connectivity index (χ0) is 20.9. The fourth-order valence-corrected chi connectivity index (χ4v) is 5.53. The number of sulfonamides is 1. The molecule has 0 aromatic heterocycles. The van der Waals surface area contributed by atoms with E-state index in [4.69, 9.17) is 5.14 Å². The van der Waals surface area contributed by atoms with Gasteiger partial charge in [0.15, 0.2) is 0 Å². The number of nitrogens with one attached hydrogen (secondary N) is 5. The summed E-state index contributed by atoms with van der Waals surface area (Å²) in [5.41, 5.74) is 9.73. The normalized spacial score (nSPS) is 23.2. The van der Waals surface area contributed by atoms with E-state index in [9.17, 15) is 21.6 Å². The van der Waals surface area contributed by atoms with Crippen LogP contribution >= 0.6 is 0 Å². The number of hydrazine groups is 3. The third-order valence-corrected chi connectivity index (χ3v) is 7.05. The van der Waals surface area contributed by atoms with Gasteiger partial charge in [-0.25, -0.2) is 24.4 Å². The molecule has 0 bridgehead atoms. The number of primary sulfonamides is 1. The van der Waals surface area contributed by atoms with Gasteiger partial charge in [-0.15, -0.1) is 0 Å². The molecule has 0 aliphatic carbocycles. The van der Waals surface area contributed by atoms with Gasteiger partial charge in [0, 0.05) is 30.9 Å². The van der Waals surface area contributed by atoms with E-state index < -0.39 is 32.8 Å². The molecular formula is C16H24F3N7O2S. The third-order valence-electron chi connectivity index (χ3n) is 6.04. The van der Waals surface area contributed by atoms with Crippen molar-refractivity contribution in [3.8, 4) is 0 Å². The van der Waals surface area contributed by atoms with Crippen molar-refractivity contribution in [3.63, 3.8) is 0 Å². The fourth-order valence-electron chi connectivity index (χ4n) is 4.51. The van der Waals surface area contributed by atoms with Gasteiger partial charge in [0.1, 0.15) is 11.1 Å². The second kappa shape index (κ2) is 7.34. The van der Waals surface area contributed by atoms with Crippen LogP contribution in [0, 0.1) is 5.41 Å². The van der Waals surface area contributed by atoms with Crippen molar-refractivity contribution in [2.75, 3.05) is 31.1 Å². The van der Waals surface area contributed by atoms with Crippen LogP contribution in [0.4, 0.5) is 18.9 Å². The maximum atomic E-state index is 13.6. The number of nitrogens with two attached hydrogens (primary N) is 1. The van der Waals surface area contributed by atoms with Crippen molar-refractivity contribution in [3.05, 3.63) is 23.3 Å². The predicted molar refractivity (Wildman–Crippen MR) is 99.5 cm³/mol. The molecule has 3 heterocycles. The molecule has 1 spiro atoms. The molecule has 3 aliphatic rings. The molecule has 13 heteroatoms. The number of piperidine rings is 1. The first-order valence-electron chi connectivity index (χ1n) is 9.34. The molecule has 7 N–H and O–H groups in total. The quantitative estimate of drug-likeness (QED) is 0.394. The summed E-state index contributed by atoms with van der Waals surface area (Å²) in [7, 11) is -4.66. The van der Waals surface area contributed by atoms with Crippen LogP contribution in [-0.4, -0.2) is 34.6 Å². The lowest BCUT2D eigenvalue weighted by Crippen LogP contribution is -2.42. The highest BCUT2D eigenvalue weighted by Crippen LogP contribution is 2.44. The van der Waals surface area contributed by atoms with Gasteiger partial charge in [-0.05, 0) is 43.4 Å². The molecule has 1 aromatic carbocycles. The maximum absolute atomic E-state index is 13.6. The minimum absolute atomic E-state index is 0.0553. The van der Waals surface area contributed by atoms with E-state index >= 15 is 0 Å². The third kappa shape index (κ3) is 3.95. The highest BCUT2D eigenvalue weighted by molar-refractivity contribution is 7.89. The molecule has 3 fully saturated rings. The summed E-state index contributed by atoms with van der Waals surface area (Å²) < 4.78 is 65.4. The molecule has 0 saturated carbocycles. The number of halogens is 3. The van der Waals surface area contributed by atoms with Gasteiger partial charge in [0.25, 0.3) is 0 Å². The lowest BCUT2D eigenvalue weighted by Gasteiger charge is -2.41. The van der Waals surface area contributed by atoms with E-state index in [-0.39, 0.29) is 11.0 Å². The molecule has 4 rings (SSSR count). The van der Waals surface area contributed by atoms with Crippen LogP contribution in [0.5, 0.6) is 0 Å². The molecule has 1 aromatic rings. The second-order valence-corrected chi connectivity index (χ2v) is 9.30. The molecule has 3 aliphatic heterocycles. The number of hydrogen-bond acceptors (Lipinski definition) is 8. The Kier molecular flexibility index (Phi) is 5.26. The molecule has 0 unspecified atom stereocenters. The Labute approximate surface area is 166 Å². The Morgan fingerprint density at radius 3 is 2.28 bits per heavy atom. The molecular weight excluding hydrogens is 411 g/mol.